The average Bonchev–Trinajstić information content (AvgIpc) is 2.63. The lowest BCUT2D eigenvalue weighted by atomic mass is 9.90. The molecule has 1 atom stereocenters. The summed E-state index contributed by atoms with van der Waals surface area (Å²) < 4.78 is 11.4. The lowest BCUT2D eigenvalue weighted by Crippen LogP contribution is -2.48. The molecule has 2 fully saturated rings. The van der Waals surface area contributed by atoms with Gasteiger partial charge in [-0.15, -0.1) is 0 Å². The molecule has 2 aliphatic rings. The summed E-state index contributed by atoms with van der Waals surface area (Å²) in [5, 5.41) is 6.12. The molecule has 1 aliphatic carbocycles. The molecule has 1 unspecified atom stereocenters. The Morgan fingerprint density at radius 3 is 2.92 bits per heavy atom. The van der Waals surface area contributed by atoms with Crippen LogP contribution in [0.4, 0.5) is 5.69 Å². The maximum absolute atomic E-state index is 12.3. The fraction of sp³-hybridized carbons (Fsp3) is 0.632. The van der Waals surface area contributed by atoms with Gasteiger partial charge in [-0.3, -0.25) is 4.79 Å². The first-order chi connectivity index (χ1) is 11.7. The summed E-state index contributed by atoms with van der Waals surface area (Å²) in [5.41, 5.74) is 1.87. The highest BCUT2D eigenvalue weighted by Crippen LogP contribution is 2.27. The van der Waals surface area contributed by atoms with E-state index < -0.39 is 0 Å². The van der Waals surface area contributed by atoms with Crippen LogP contribution in [0.25, 0.3) is 0 Å². The van der Waals surface area contributed by atoms with E-state index in [9.17, 15) is 4.79 Å². The Labute approximate surface area is 144 Å². The minimum absolute atomic E-state index is 0.0585. The fourth-order valence-electron chi connectivity index (χ4n) is 3.36. The summed E-state index contributed by atoms with van der Waals surface area (Å²) in [6.07, 6.45) is 6.53. The van der Waals surface area contributed by atoms with Crippen molar-refractivity contribution in [2.75, 3.05) is 31.7 Å². The molecule has 5 nitrogen and oxygen atoms in total. The Morgan fingerprint density at radius 1 is 1.33 bits per heavy atom. The predicted octanol–water partition coefficient (Wildman–Crippen LogP) is 2.88. The number of aryl methyl sites for hydroxylation is 1. The number of nitrogens with one attached hydrogen (secondary N) is 2. The summed E-state index contributed by atoms with van der Waals surface area (Å²) in [7, 11) is 0. The van der Waals surface area contributed by atoms with Crippen molar-refractivity contribution in [1.82, 2.24) is 5.32 Å². The zero-order valence-corrected chi connectivity index (χ0v) is 14.5. The van der Waals surface area contributed by atoms with Crippen molar-refractivity contribution in [2.24, 2.45) is 5.92 Å². The van der Waals surface area contributed by atoms with E-state index in [0.717, 1.165) is 23.6 Å². The molecule has 0 radical (unpaired) electrons. The van der Waals surface area contributed by atoms with E-state index in [1.165, 1.54) is 32.1 Å². The summed E-state index contributed by atoms with van der Waals surface area (Å²) in [6, 6.07) is 5.56. The van der Waals surface area contributed by atoms with Gasteiger partial charge in [0.2, 0.25) is 5.91 Å². The Bertz CT molecular complexity index is 550. The smallest absolute Gasteiger partial charge is 0.243 e. The van der Waals surface area contributed by atoms with Crippen molar-refractivity contribution in [1.29, 1.82) is 0 Å². The van der Waals surface area contributed by atoms with Crippen molar-refractivity contribution in [3.63, 3.8) is 0 Å². The number of morpholine rings is 1. The number of rotatable bonds is 5. The normalized spacial score (nSPS) is 22.1. The summed E-state index contributed by atoms with van der Waals surface area (Å²) in [5.74, 6) is 1.47. The number of anilines is 1. The van der Waals surface area contributed by atoms with Crippen LogP contribution in [0.15, 0.2) is 18.2 Å². The molecular formula is C19H28N2O3. The van der Waals surface area contributed by atoms with Crippen LogP contribution < -0.4 is 15.4 Å². The van der Waals surface area contributed by atoms with Gasteiger partial charge in [0.25, 0.3) is 0 Å². The Kier molecular flexibility index (Phi) is 6.10. The van der Waals surface area contributed by atoms with E-state index in [4.69, 9.17) is 9.47 Å². The van der Waals surface area contributed by atoms with Gasteiger partial charge in [-0.05, 0) is 37.3 Å². The molecule has 1 aromatic carbocycles. The number of hydrogen-bond acceptors (Lipinski definition) is 4. The van der Waals surface area contributed by atoms with Gasteiger partial charge < -0.3 is 20.1 Å². The summed E-state index contributed by atoms with van der Waals surface area (Å²) in [4.78, 5) is 12.3. The minimum atomic E-state index is -0.285. The molecule has 1 saturated carbocycles. The van der Waals surface area contributed by atoms with Crippen molar-refractivity contribution in [3.8, 4) is 5.75 Å². The van der Waals surface area contributed by atoms with Gasteiger partial charge in [0, 0.05) is 18.3 Å². The van der Waals surface area contributed by atoms with E-state index in [1.54, 1.807) is 0 Å². The molecular weight excluding hydrogens is 304 g/mol. The molecule has 24 heavy (non-hydrogen) atoms. The highest BCUT2D eigenvalue weighted by Gasteiger charge is 2.21. The standard InChI is InChI=1S/C19H28N2O3/c1-14-7-8-16(21-19(22)17-13-23-10-9-20-17)11-18(14)24-12-15-5-3-2-4-6-15/h7-8,11,15,17,20H,2-6,9-10,12-13H2,1H3,(H,21,22). The van der Waals surface area contributed by atoms with Crippen LogP contribution in [-0.4, -0.2) is 38.3 Å². The van der Waals surface area contributed by atoms with E-state index >= 15 is 0 Å². The van der Waals surface area contributed by atoms with E-state index in [0.29, 0.717) is 25.7 Å². The lowest BCUT2D eigenvalue weighted by Gasteiger charge is -2.24. The first-order valence-corrected chi connectivity index (χ1v) is 9.08. The number of amides is 1. The van der Waals surface area contributed by atoms with Crippen LogP contribution in [0, 0.1) is 12.8 Å². The van der Waals surface area contributed by atoms with Gasteiger partial charge in [-0.1, -0.05) is 25.3 Å². The van der Waals surface area contributed by atoms with E-state index in [1.807, 2.05) is 25.1 Å². The van der Waals surface area contributed by atoms with Gasteiger partial charge in [-0.2, -0.15) is 0 Å². The highest BCUT2D eigenvalue weighted by atomic mass is 16.5. The highest BCUT2D eigenvalue weighted by molar-refractivity contribution is 5.95. The third-order valence-electron chi connectivity index (χ3n) is 4.89. The zero-order chi connectivity index (χ0) is 16.8. The predicted molar refractivity (Wildman–Crippen MR) is 94.5 cm³/mol. The van der Waals surface area contributed by atoms with Crippen LogP contribution in [0.5, 0.6) is 5.75 Å². The zero-order valence-electron chi connectivity index (χ0n) is 14.5. The molecule has 1 heterocycles. The third-order valence-corrected chi connectivity index (χ3v) is 4.89. The molecule has 1 saturated heterocycles. The number of carbonyl (C=O) groups is 1. The van der Waals surface area contributed by atoms with Gasteiger partial charge in [0.05, 0.1) is 19.8 Å². The van der Waals surface area contributed by atoms with Gasteiger partial charge in [0.1, 0.15) is 11.8 Å². The quantitative estimate of drug-likeness (QED) is 0.870. The first-order valence-electron chi connectivity index (χ1n) is 9.08. The van der Waals surface area contributed by atoms with Crippen LogP contribution >= 0.6 is 0 Å². The molecule has 0 bridgehead atoms. The Morgan fingerprint density at radius 2 is 2.17 bits per heavy atom. The van der Waals surface area contributed by atoms with Crippen molar-refractivity contribution < 1.29 is 14.3 Å². The largest absolute Gasteiger partial charge is 0.493 e. The SMILES string of the molecule is Cc1ccc(NC(=O)C2COCCN2)cc1OCC1CCCCC1. The van der Waals surface area contributed by atoms with Crippen LogP contribution in [0.2, 0.25) is 0 Å². The van der Waals surface area contributed by atoms with Crippen LogP contribution in [-0.2, 0) is 9.53 Å². The molecule has 5 heteroatoms. The molecule has 3 rings (SSSR count). The second-order valence-corrected chi connectivity index (χ2v) is 6.87. The van der Waals surface area contributed by atoms with E-state index in [-0.39, 0.29) is 11.9 Å². The first kappa shape index (κ1) is 17.2. The monoisotopic (exact) mass is 332 g/mol. The molecule has 0 aromatic heterocycles. The molecule has 2 N–H and O–H groups in total. The lowest BCUT2D eigenvalue weighted by molar-refractivity contribution is -0.120. The fourth-order valence-corrected chi connectivity index (χ4v) is 3.36. The molecule has 132 valence electrons. The van der Waals surface area contributed by atoms with Crippen molar-refractivity contribution in [2.45, 2.75) is 45.1 Å². The van der Waals surface area contributed by atoms with Gasteiger partial charge in [0.15, 0.2) is 0 Å². The van der Waals surface area contributed by atoms with Crippen LogP contribution in [0.1, 0.15) is 37.7 Å². The molecule has 1 aliphatic heterocycles. The molecule has 1 amide bonds. The number of carbonyl (C=O) groups excluding carboxylic acids is 1. The second kappa shape index (κ2) is 8.49. The minimum Gasteiger partial charge on any atom is -0.493 e. The van der Waals surface area contributed by atoms with Gasteiger partial charge in [-0.25, -0.2) is 0 Å². The second-order valence-electron chi connectivity index (χ2n) is 6.87. The Hall–Kier alpha value is -1.59. The van der Waals surface area contributed by atoms with E-state index in [2.05, 4.69) is 10.6 Å². The third kappa shape index (κ3) is 4.71. The Balaban J connectivity index is 1.57. The topological polar surface area (TPSA) is 59.6 Å². The molecule has 0 spiro atoms. The number of benzene rings is 1. The summed E-state index contributed by atoms with van der Waals surface area (Å²) in [6.45, 7) is 4.60. The van der Waals surface area contributed by atoms with Crippen molar-refractivity contribution in [3.05, 3.63) is 23.8 Å². The van der Waals surface area contributed by atoms with Gasteiger partial charge >= 0.3 is 0 Å². The summed E-state index contributed by atoms with van der Waals surface area (Å²) >= 11 is 0. The average molecular weight is 332 g/mol. The van der Waals surface area contributed by atoms with Crippen LogP contribution in [0.3, 0.4) is 0 Å². The van der Waals surface area contributed by atoms with Crippen molar-refractivity contribution >= 4 is 11.6 Å². The maximum Gasteiger partial charge on any atom is 0.243 e. The molecule has 1 aromatic rings. The number of ether oxygens (including phenoxy) is 2. The number of hydrogen-bond donors (Lipinski definition) is 2. The maximum atomic E-state index is 12.3.